The van der Waals surface area contributed by atoms with Crippen LogP contribution in [0.3, 0.4) is 0 Å². The molecule has 0 fully saturated rings. The van der Waals surface area contributed by atoms with Crippen LogP contribution in [-0.4, -0.2) is 11.9 Å². The van der Waals surface area contributed by atoms with E-state index in [1.165, 1.54) is 24.3 Å². The van der Waals surface area contributed by atoms with Crippen molar-refractivity contribution in [2.75, 3.05) is 0 Å². The Balaban J connectivity index is 1.93. The molecule has 0 bridgehead atoms. The van der Waals surface area contributed by atoms with Crippen LogP contribution in [0.15, 0.2) is 53.2 Å². The van der Waals surface area contributed by atoms with Crippen molar-refractivity contribution in [1.29, 1.82) is 0 Å². The number of benzene rings is 2. The third-order valence-corrected chi connectivity index (χ3v) is 3.70. The third kappa shape index (κ3) is 3.03. The number of carbonyl (C=O) groups excluding carboxylic acids is 1. The Morgan fingerprint density at radius 2 is 1.77 bits per heavy atom. The van der Waals surface area contributed by atoms with E-state index in [-0.39, 0.29) is 17.4 Å². The van der Waals surface area contributed by atoms with Crippen molar-refractivity contribution in [1.82, 2.24) is 0 Å². The fraction of sp³-hybridized carbons (Fsp3) is 0. The lowest BCUT2D eigenvalue weighted by Crippen LogP contribution is -2.05. The van der Waals surface area contributed by atoms with Crippen LogP contribution in [0.4, 0.5) is 4.39 Å². The molecule has 0 aromatic heterocycles. The van der Waals surface area contributed by atoms with Gasteiger partial charge in [0, 0.05) is 5.56 Å². The van der Waals surface area contributed by atoms with Crippen molar-refractivity contribution in [3.05, 3.63) is 75.2 Å². The Morgan fingerprint density at radius 3 is 2.45 bits per heavy atom. The van der Waals surface area contributed by atoms with Crippen molar-refractivity contribution in [2.45, 2.75) is 0 Å². The topological polar surface area (TPSA) is 38.7 Å². The third-order valence-electron chi connectivity index (χ3n) is 2.96. The van der Waals surface area contributed by atoms with Crippen molar-refractivity contribution in [2.24, 2.45) is 4.99 Å². The molecule has 3 rings (SSSR count). The number of rotatable bonds is 2. The minimum atomic E-state index is -0.578. The first kappa shape index (κ1) is 14.8. The zero-order valence-corrected chi connectivity index (χ0v) is 12.5. The van der Waals surface area contributed by atoms with Gasteiger partial charge in [-0.05, 0) is 48.0 Å². The molecular weight excluding hydrogens is 328 g/mol. The van der Waals surface area contributed by atoms with E-state index in [0.29, 0.717) is 21.2 Å². The van der Waals surface area contributed by atoms with E-state index in [4.69, 9.17) is 27.9 Å². The molecule has 0 atom stereocenters. The van der Waals surface area contributed by atoms with E-state index in [1.54, 1.807) is 24.3 Å². The van der Waals surface area contributed by atoms with Crippen molar-refractivity contribution in [3.8, 4) is 0 Å². The van der Waals surface area contributed by atoms with Gasteiger partial charge in [-0.3, -0.25) is 0 Å². The minimum absolute atomic E-state index is 0.135. The van der Waals surface area contributed by atoms with Crippen LogP contribution in [0, 0.1) is 5.82 Å². The lowest BCUT2D eigenvalue weighted by atomic mass is 10.2. The molecule has 0 unspecified atom stereocenters. The van der Waals surface area contributed by atoms with E-state index < -0.39 is 5.97 Å². The Labute approximate surface area is 135 Å². The van der Waals surface area contributed by atoms with E-state index in [2.05, 4.69) is 4.99 Å². The highest BCUT2D eigenvalue weighted by molar-refractivity contribution is 6.42. The summed E-state index contributed by atoms with van der Waals surface area (Å²) in [5, 5.41) is 0.804. The summed E-state index contributed by atoms with van der Waals surface area (Å²) in [4.78, 5) is 16.0. The normalized spacial score (nSPS) is 15.9. The number of cyclic esters (lactones) is 1. The van der Waals surface area contributed by atoms with Gasteiger partial charge in [0.2, 0.25) is 5.90 Å². The maximum absolute atomic E-state index is 12.9. The number of carbonyl (C=O) groups is 1. The second kappa shape index (κ2) is 5.91. The van der Waals surface area contributed by atoms with Gasteiger partial charge in [-0.25, -0.2) is 14.2 Å². The molecular formula is C16H8Cl2FNO2. The van der Waals surface area contributed by atoms with Crippen molar-refractivity contribution < 1.29 is 13.9 Å². The van der Waals surface area contributed by atoms with Crippen LogP contribution >= 0.6 is 23.2 Å². The minimum Gasteiger partial charge on any atom is -0.402 e. The first-order chi connectivity index (χ1) is 10.5. The van der Waals surface area contributed by atoms with Crippen LogP contribution in [0.5, 0.6) is 0 Å². The van der Waals surface area contributed by atoms with Gasteiger partial charge in [-0.2, -0.15) is 0 Å². The Hall–Kier alpha value is -2.17. The fourth-order valence-corrected chi connectivity index (χ4v) is 2.19. The molecule has 0 amide bonds. The first-order valence-corrected chi connectivity index (χ1v) is 7.02. The second-order valence-corrected chi connectivity index (χ2v) is 5.33. The summed E-state index contributed by atoms with van der Waals surface area (Å²) < 4.78 is 18.0. The summed E-state index contributed by atoms with van der Waals surface area (Å²) in [7, 11) is 0. The monoisotopic (exact) mass is 335 g/mol. The summed E-state index contributed by atoms with van der Waals surface area (Å²) >= 11 is 11.8. The Morgan fingerprint density at radius 1 is 1.05 bits per heavy atom. The predicted octanol–water partition coefficient (Wildman–Crippen LogP) is 4.48. The van der Waals surface area contributed by atoms with Gasteiger partial charge < -0.3 is 4.74 Å². The molecule has 0 saturated carbocycles. The molecule has 0 saturated heterocycles. The average Bonchev–Trinajstić information content (AvgIpc) is 2.85. The molecule has 0 aliphatic carbocycles. The standard InChI is InChI=1S/C16H8Cl2FNO2/c17-12-6-1-9(7-13(12)18)8-14-16(21)22-15(20-14)10-2-4-11(19)5-3-10/h1-8H/b14-8+. The highest BCUT2D eigenvalue weighted by Gasteiger charge is 2.24. The molecule has 3 nitrogen and oxygen atoms in total. The highest BCUT2D eigenvalue weighted by Crippen LogP contribution is 2.25. The molecule has 0 N–H and O–H groups in total. The van der Waals surface area contributed by atoms with Gasteiger partial charge in [0.1, 0.15) is 5.82 Å². The summed E-state index contributed by atoms with van der Waals surface area (Å²) in [5.41, 5.74) is 1.33. The van der Waals surface area contributed by atoms with Crippen molar-refractivity contribution >= 4 is 41.1 Å². The van der Waals surface area contributed by atoms with Crippen LogP contribution < -0.4 is 0 Å². The zero-order valence-electron chi connectivity index (χ0n) is 11.0. The van der Waals surface area contributed by atoms with Gasteiger partial charge in [0.15, 0.2) is 5.70 Å². The smallest absolute Gasteiger partial charge is 0.363 e. The molecule has 1 heterocycles. The van der Waals surface area contributed by atoms with Crippen LogP contribution in [0.2, 0.25) is 10.0 Å². The Bertz CT molecular complexity index is 813. The quantitative estimate of drug-likeness (QED) is 0.599. The molecule has 22 heavy (non-hydrogen) atoms. The highest BCUT2D eigenvalue weighted by atomic mass is 35.5. The first-order valence-electron chi connectivity index (χ1n) is 6.26. The van der Waals surface area contributed by atoms with Crippen molar-refractivity contribution in [3.63, 3.8) is 0 Å². The van der Waals surface area contributed by atoms with Crippen LogP contribution in [-0.2, 0) is 9.53 Å². The Kier molecular flexibility index (Phi) is 3.96. The number of esters is 1. The summed E-state index contributed by atoms with van der Waals surface area (Å²) in [6, 6.07) is 10.5. The average molecular weight is 336 g/mol. The van der Waals surface area contributed by atoms with Gasteiger partial charge >= 0.3 is 5.97 Å². The molecule has 0 spiro atoms. The fourth-order valence-electron chi connectivity index (χ4n) is 1.89. The maximum Gasteiger partial charge on any atom is 0.363 e. The molecule has 1 aliphatic rings. The summed E-state index contributed by atoms with van der Waals surface area (Å²) in [5.74, 6) is -0.818. The lowest BCUT2D eigenvalue weighted by Gasteiger charge is -1.98. The summed E-state index contributed by atoms with van der Waals surface area (Å²) in [6.45, 7) is 0. The molecule has 2 aromatic rings. The van der Waals surface area contributed by atoms with Gasteiger partial charge in [0.25, 0.3) is 0 Å². The van der Waals surface area contributed by atoms with E-state index in [1.807, 2.05) is 0 Å². The largest absolute Gasteiger partial charge is 0.402 e. The maximum atomic E-state index is 12.9. The molecule has 110 valence electrons. The number of ether oxygens (including phenoxy) is 1. The number of halogens is 3. The molecule has 6 heteroatoms. The molecule has 2 aromatic carbocycles. The van der Waals surface area contributed by atoms with E-state index >= 15 is 0 Å². The number of hydrogen-bond donors (Lipinski definition) is 0. The van der Waals surface area contributed by atoms with Gasteiger partial charge in [0.05, 0.1) is 10.0 Å². The number of aliphatic imine (C=N–C) groups is 1. The molecule has 1 aliphatic heterocycles. The van der Waals surface area contributed by atoms with Gasteiger partial charge in [-0.15, -0.1) is 0 Å². The lowest BCUT2D eigenvalue weighted by molar-refractivity contribution is -0.129. The summed E-state index contributed by atoms with van der Waals surface area (Å²) in [6.07, 6.45) is 1.54. The predicted molar refractivity (Wildman–Crippen MR) is 83.5 cm³/mol. The number of hydrogen-bond acceptors (Lipinski definition) is 3. The van der Waals surface area contributed by atoms with Gasteiger partial charge in [-0.1, -0.05) is 29.3 Å². The van der Waals surface area contributed by atoms with E-state index in [9.17, 15) is 9.18 Å². The number of nitrogens with zero attached hydrogens (tertiary/aromatic N) is 1. The van der Waals surface area contributed by atoms with Crippen LogP contribution in [0.25, 0.3) is 6.08 Å². The molecule has 0 radical (unpaired) electrons. The second-order valence-electron chi connectivity index (χ2n) is 4.52. The van der Waals surface area contributed by atoms with Crippen LogP contribution in [0.1, 0.15) is 11.1 Å². The zero-order chi connectivity index (χ0) is 15.7. The van der Waals surface area contributed by atoms with E-state index in [0.717, 1.165) is 0 Å². The SMILES string of the molecule is O=C1OC(c2ccc(F)cc2)=N/C1=C/c1ccc(Cl)c(Cl)c1.